The number of fused-ring (bicyclic) bond motifs is 34. The molecule has 0 aliphatic heterocycles. The van der Waals surface area contributed by atoms with Crippen molar-refractivity contribution in [1.82, 2.24) is 57.4 Å². The Balaban J connectivity index is 0.000000129. The van der Waals surface area contributed by atoms with E-state index >= 15 is 0 Å². The first-order chi connectivity index (χ1) is 63.4. The molecule has 0 saturated heterocycles. The standard InChI is InChI=1S/C64H36N6.C50H28N6S2/c1-3-11-45-37(9-1)19-27-53-61(45)67-63-47-25-17-39(33-43(47)21-29-55(63)65-53)41-23-31-59-51(35-41)49-13-5-7-15-57(49)69(59)70-58-16-8-6-14-50(58)52-36-42(24-32-60(52)70)40-18-26-48-44(34-40)22-30-56-64(48)68-62-46-12-4-2-10-38(46)20-28-54(62)66-56;1-5-13-39-33(9-1)35-25-29(31-19-23-45-47(27-31)57-49-51-37-11-3-7-15-43(37)53(45)49)17-21-41(35)55(39)56-40-14-6-2-10-34(40)36-26-30(18-22-42(36)56)32-20-24-46-48(28-32)58-50-52-38-12-4-8-16-44(38)54(46)50/h1-36H;1-28H. The fraction of sp³-hybridized carbons (Fsp3) is 0. The molecule has 0 N–H and O–H groups in total. The molecule has 0 saturated carbocycles. The number of nitrogens with zero attached hydrogens (tertiary/aromatic N) is 12. The molecule has 0 atom stereocenters. The van der Waals surface area contributed by atoms with Gasteiger partial charge in [-0.15, -0.1) is 0 Å². The van der Waals surface area contributed by atoms with Crippen LogP contribution in [-0.4, -0.2) is 57.4 Å². The van der Waals surface area contributed by atoms with Crippen molar-refractivity contribution in [2.24, 2.45) is 0 Å². The Hall–Kier alpha value is -16.8. The highest BCUT2D eigenvalue weighted by atomic mass is 32.1. The number of benzene rings is 20. The van der Waals surface area contributed by atoms with E-state index in [-0.39, 0.29) is 0 Å². The summed E-state index contributed by atoms with van der Waals surface area (Å²) in [7, 11) is 0. The lowest BCUT2D eigenvalue weighted by Gasteiger charge is -2.14. The molecule has 0 fully saturated rings. The molecule has 10 aromatic heterocycles. The first-order valence-corrected chi connectivity index (χ1v) is 44.8. The predicted molar refractivity (Wildman–Crippen MR) is 536 cm³/mol. The van der Waals surface area contributed by atoms with Crippen LogP contribution in [-0.2, 0) is 0 Å². The third kappa shape index (κ3) is 10.1. The van der Waals surface area contributed by atoms with Crippen molar-refractivity contribution in [3.8, 4) is 44.5 Å². The highest BCUT2D eigenvalue weighted by molar-refractivity contribution is 7.24. The monoisotopic (exact) mass is 1660 g/mol. The smallest absolute Gasteiger partial charge is 0.195 e. The van der Waals surface area contributed by atoms with E-state index in [1.807, 2.05) is 0 Å². The first kappa shape index (κ1) is 69.7. The predicted octanol–water partition coefficient (Wildman–Crippen LogP) is 29.9. The van der Waals surface area contributed by atoms with Crippen molar-refractivity contribution in [3.05, 3.63) is 388 Å². The van der Waals surface area contributed by atoms with Gasteiger partial charge in [-0.05, 0) is 224 Å². The Bertz CT molecular complexity index is 9600. The molecule has 0 unspecified atom stereocenters. The fourth-order valence-corrected chi connectivity index (χ4v) is 23.0. The molecule has 0 aliphatic carbocycles. The van der Waals surface area contributed by atoms with Gasteiger partial charge >= 0.3 is 0 Å². The third-order valence-electron chi connectivity index (χ3n) is 26.8. The Morgan fingerprint density at radius 1 is 0.156 bits per heavy atom. The van der Waals surface area contributed by atoms with Gasteiger partial charge in [0.2, 0.25) is 0 Å². The van der Waals surface area contributed by atoms with Crippen LogP contribution in [0.5, 0.6) is 0 Å². The highest BCUT2D eigenvalue weighted by Crippen LogP contribution is 2.46. The van der Waals surface area contributed by atoms with Crippen LogP contribution in [0.4, 0.5) is 0 Å². The molecule has 0 spiro atoms. The molecular formula is C114H64N12S2. The molecule has 592 valence electrons. The largest absolute Gasteiger partial charge is 0.283 e. The van der Waals surface area contributed by atoms with E-state index in [4.69, 9.17) is 29.9 Å². The molecule has 0 bridgehead atoms. The minimum atomic E-state index is 0.903. The number of hydrogen-bond acceptors (Lipinski definition) is 8. The van der Waals surface area contributed by atoms with Crippen LogP contribution in [0, 0.1) is 0 Å². The van der Waals surface area contributed by atoms with E-state index in [1.54, 1.807) is 22.7 Å². The quantitative estimate of drug-likeness (QED) is 0.121. The summed E-state index contributed by atoms with van der Waals surface area (Å²) in [5.41, 5.74) is 32.8. The van der Waals surface area contributed by atoms with Crippen molar-refractivity contribution in [3.63, 3.8) is 0 Å². The van der Waals surface area contributed by atoms with Crippen LogP contribution in [0.25, 0.3) is 271 Å². The van der Waals surface area contributed by atoms with E-state index in [0.717, 1.165) is 153 Å². The average Bonchev–Trinajstić information content (AvgIpc) is 1.54. The van der Waals surface area contributed by atoms with Crippen molar-refractivity contribution in [2.75, 3.05) is 0 Å². The van der Waals surface area contributed by atoms with Crippen molar-refractivity contribution >= 4 is 250 Å². The van der Waals surface area contributed by atoms with Gasteiger partial charge in [0, 0.05) is 64.6 Å². The molecule has 30 rings (SSSR count). The summed E-state index contributed by atoms with van der Waals surface area (Å²) >= 11 is 3.50. The van der Waals surface area contributed by atoms with Crippen LogP contribution >= 0.6 is 22.7 Å². The molecule has 0 aliphatic rings. The Morgan fingerprint density at radius 3 is 0.766 bits per heavy atom. The second-order valence-corrected chi connectivity index (χ2v) is 35.8. The van der Waals surface area contributed by atoms with Crippen LogP contribution < -0.4 is 0 Å². The van der Waals surface area contributed by atoms with E-state index in [9.17, 15) is 0 Å². The summed E-state index contributed by atoms with van der Waals surface area (Å²) in [5.74, 6) is 0. The van der Waals surface area contributed by atoms with Gasteiger partial charge in [-0.1, -0.05) is 253 Å². The molecule has 12 nitrogen and oxygen atoms in total. The molecule has 10 heterocycles. The lowest BCUT2D eigenvalue weighted by atomic mass is 9.98. The Morgan fingerprint density at radius 2 is 0.414 bits per heavy atom. The summed E-state index contributed by atoms with van der Waals surface area (Å²) in [4.78, 5) is 32.5. The van der Waals surface area contributed by atoms with E-state index in [0.29, 0.717) is 0 Å². The van der Waals surface area contributed by atoms with Crippen molar-refractivity contribution < 1.29 is 0 Å². The topological polar surface area (TPSA) is 106 Å². The van der Waals surface area contributed by atoms with E-state index < -0.39 is 0 Å². The molecule has 128 heavy (non-hydrogen) atoms. The molecule has 0 radical (unpaired) electrons. The molecule has 14 heteroatoms. The van der Waals surface area contributed by atoms with Crippen molar-refractivity contribution in [2.45, 2.75) is 0 Å². The first-order valence-electron chi connectivity index (χ1n) is 43.2. The van der Waals surface area contributed by atoms with Crippen molar-refractivity contribution in [1.29, 1.82) is 0 Å². The minimum Gasteiger partial charge on any atom is -0.283 e. The molecule has 0 amide bonds. The van der Waals surface area contributed by atoms with Crippen LogP contribution in [0.3, 0.4) is 0 Å². The molecule has 20 aromatic carbocycles. The summed E-state index contributed by atoms with van der Waals surface area (Å²) < 4.78 is 16.7. The van der Waals surface area contributed by atoms with Gasteiger partial charge < -0.3 is 0 Å². The zero-order chi connectivity index (χ0) is 83.2. The summed E-state index contributed by atoms with van der Waals surface area (Å²) in [6, 6.07) is 141. The number of rotatable bonds is 6. The van der Waals surface area contributed by atoms with Gasteiger partial charge in [0.1, 0.15) is 0 Å². The van der Waals surface area contributed by atoms with Gasteiger partial charge in [-0.2, -0.15) is 0 Å². The van der Waals surface area contributed by atoms with Gasteiger partial charge in [0.05, 0.1) is 131 Å². The summed E-state index contributed by atoms with van der Waals surface area (Å²) in [6.07, 6.45) is 0. The normalized spacial score (nSPS) is 12.4. The second kappa shape index (κ2) is 26.4. The Labute approximate surface area is 734 Å². The minimum absolute atomic E-state index is 0.903. The number of thiazole rings is 2. The van der Waals surface area contributed by atoms with E-state index in [1.165, 1.54) is 119 Å². The lowest BCUT2D eigenvalue weighted by Crippen LogP contribution is -2.08. The van der Waals surface area contributed by atoms with Crippen LogP contribution in [0.15, 0.2) is 388 Å². The molecular weight excluding hydrogens is 1600 g/mol. The fourth-order valence-electron chi connectivity index (χ4n) is 20.9. The zero-order valence-electron chi connectivity index (χ0n) is 68.1. The number of aromatic nitrogens is 12. The maximum Gasteiger partial charge on any atom is 0.195 e. The number of imidazole rings is 2. The van der Waals surface area contributed by atoms with Crippen LogP contribution in [0.2, 0.25) is 0 Å². The zero-order valence-corrected chi connectivity index (χ0v) is 69.8. The van der Waals surface area contributed by atoms with Gasteiger partial charge in [0.25, 0.3) is 0 Å². The number of para-hydroxylation sites is 8. The second-order valence-electron chi connectivity index (χ2n) is 33.7. The summed E-state index contributed by atoms with van der Waals surface area (Å²) in [5, 5.41) is 18.8. The SMILES string of the molecule is c1ccc2c(c1)ccc1nc3ccc4cc(-c5ccc6c(c5)c5ccccc5n6-n5c6ccccc6c6cc(-c7ccc8c(ccc9nc%10ccc%11ccccc%11c%10nc98)c7)ccc65)ccc4c3nc12.c1ccc2c(c1)nc1sc3cc(-c4ccc5c(c4)c4ccccc4n5-n4c5ccccc5c5cc(-c6ccc7c(c6)sc6nc8ccccc8n67)ccc54)ccc3n12. The lowest BCUT2D eigenvalue weighted by molar-refractivity contribution is 0.775. The third-order valence-corrected chi connectivity index (χ3v) is 28.8. The average molecular weight is 1670 g/mol. The van der Waals surface area contributed by atoms with Gasteiger partial charge in [-0.25, -0.2) is 48.6 Å². The van der Waals surface area contributed by atoms with E-state index in [2.05, 4.69) is 416 Å². The van der Waals surface area contributed by atoms with Gasteiger partial charge in [-0.3, -0.25) is 8.80 Å². The molecule has 30 aromatic rings. The maximum atomic E-state index is 5.26. The maximum absolute atomic E-state index is 5.26. The highest BCUT2D eigenvalue weighted by Gasteiger charge is 2.25. The van der Waals surface area contributed by atoms with Gasteiger partial charge in [0.15, 0.2) is 9.92 Å². The summed E-state index contributed by atoms with van der Waals surface area (Å²) in [6.45, 7) is 0. The van der Waals surface area contributed by atoms with Crippen LogP contribution in [0.1, 0.15) is 0 Å². The Kier molecular flexibility index (Phi) is 14.4. The number of hydrogen-bond donors (Lipinski definition) is 0.